The highest BCUT2D eigenvalue weighted by atomic mass is 28.4. The number of amides is 1. The number of ether oxygens (including phenoxy) is 5. The number of carbonyl (C=O) groups is 3. The Labute approximate surface area is 231 Å². The van der Waals surface area contributed by atoms with E-state index in [1.165, 1.54) is 20.1 Å². The van der Waals surface area contributed by atoms with Crippen molar-refractivity contribution in [2.24, 2.45) is 0 Å². The average molecular weight is 564 g/mol. The molecule has 0 saturated carbocycles. The first-order chi connectivity index (χ1) is 18.0. The lowest BCUT2D eigenvalue weighted by molar-refractivity contribution is -0.170. The van der Waals surface area contributed by atoms with Crippen LogP contribution in [0.15, 0.2) is 42.2 Å². The van der Waals surface area contributed by atoms with Gasteiger partial charge in [0.2, 0.25) is 11.7 Å². The molecular formula is C28H41NO9Si. The summed E-state index contributed by atoms with van der Waals surface area (Å²) in [6, 6.07) is 7.54. The van der Waals surface area contributed by atoms with Gasteiger partial charge in [-0.1, -0.05) is 39.0 Å². The third-order valence-electron chi connectivity index (χ3n) is 7.25. The van der Waals surface area contributed by atoms with Crippen molar-refractivity contribution in [2.75, 3.05) is 13.7 Å². The summed E-state index contributed by atoms with van der Waals surface area (Å²) in [6.07, 6.45) is -2.11. The summed E-state index contributed by atoms with van der Waals surface area (Å²) < 4.78 is 36.0. The van der Waals surface area contributed by atoms with Crippen LogP contribution in [0.2, 0.25) is 18.1 Å². The molecule has 1 amide bonds. The first kappa shape index (κ1) is 30.8. The molecule has 3 rings (SSSR count). The number of methoxy groups -OCH3 is 1. The number of hydrogen-bond donors (Lipinski definition) is 1. The fraction of sp³-hybridized carbons (Fsp3) is 0.607. The predicted octanol–water partition coefficient (Wildman–Crippen LogP) is 3.71. The van der Waals surface area contributed by atoms with E-state index < -0.39 is 56.5 Å². The molecular weight excluding hydrogens is 522 g/mol. The Morgan fingerprint density at radius 2 is 1.74 bits per heavy atom. The second-order valence-corrected chi connectivity index (χ2v) is 16.5. The highest BCUT2D eigenvalue weighted by Crippen LogP contribution is 2.41. The van der Waals surface area contributed by atoms with Crippen molar-refractivity contribution < 1.29 is 42.5 Å². The lowest BCUT2D eigenvalue weighted by Gasteiger charge is -2.46. The summed E-state index contributed by atoms with van der Waals surface area (Å²) in [5.41, 5.74) is 0.318. The molecule has 2 heterocycles. The van der Waals surface area contributed by atoms with Gasteiger partial charge in [-0.25, -0.2) is 9.59 Å². The van der Waals surface area contributed by atoms with Gasteiger partial charge >= 0.3 is 11.9 Å². The van der Waals surface area contributed by atoms with Crippen molar-refractivity contribution in [2.45, 2.75) is 95.9 Å². The van der Waals surface area contributed by atoms with E-state index in [1.54, 1.807) is 44.2 Å². The van der Waals surface area contributed by atoms with Crippen LogP contribution >= 0.6 is 0 Å². The first-order valence-corrected chi connectivity index (χ1v) is 15.9. The molecule has 216 valence electrons. The second-order valence-electron chi connectivity index (χ2n) is 11.8. The third-order valence-corrected chi connectivity index (χ3v) is 11.7. The smallest absolute Gasteiger partial charge is 0.373 e. The van der Waals surface area contributed by atoms with Crippen LogP contribution in [0.1, 0.15) is 51.9 Å². The Morgan fingerprint density at radius 3 is 2.26 bits per heavy atom. The van der Waals surface area contributed by atoms with E-state index in [0.29, 0.717) is 5.56 Å². The molecule has 2 aliphatic heterocycles. The number of esters is 2. The van der Waals surface area contributed by atoms with Crippen LogP contribution in [-0.2, 0) is 37.7 Å². The van der Waals surface area contributed by atoms with Crippen LogP contribution in [0, 0.1) is 0 Å². The van der Waals surface area contributed by atoms with Crippen LogP contribution in [0.4, 0.5) is 0 Å². The number of benzene rings is 1. The average Bonchev–Trinajstić information content (AvgIpc) is 3.21. The van der Waals surface area contributed by atoms with Gasteiger partial charge in [0.15, 0.2) is 20.2 Å². The Balaban J connectivity index is 2.09. The SMILES string of the molecule is COC(=O)C1=C[C@H](OC(=O)c2ccccc2)[C@@H](NC(C)=O)[C@H]([C@H](O[Si](C)(C)C(C)(C)C)[C@H]2COC(C)(C)O2)O1. The predicted molar refractivity (Wildman–Crippen MR) is 145 cm³/mol. The highest BCUT2D eigenvalue weighted by molar-refractivity contribution is 6.74. The summed E-state index contributed by atoms with van der Waals surface area (Å²) >= 11 is 0. The molecule has 10 nitrogen and oxygen atoms in total. The molecule has 0 spiro atoms. The van der Waals surface area contributed by atoms with E-state index in [0.717, 1.165) is 0 Å². The molecule has 0 aromatic heterocycles. The minimum absolute atomic E-state index is 0.156. The minimum atomic E-state index is -2.47. The van der Waals surface area contributed by atoms with Gasteiger partial charge in [0.25, 0.3) is 0 Å². The Morgan fingerprint density at radius 1 is 1.10 bits per heavy atom. The van der Waals surface area contributed by atoms with Crippen LogP contribution < -0.4 is 5.32 Å². The summed E-state index contributed by atoms with van der Waals surface area (Å²) in [5, 5.41) is 2.68. The Kier molecular flexibility index (Phi) is 9.31. The number of rotatable bonds is 8. The van der Waals surface area contributed by atoms with Crippen molar-refractivity contribution >= 4 is 26.2 Å². The van der Waals surface area contributed by atoms with Crippen molar-refractivity contribution in [3.63, 3.8) is 0 Å². The number of carbonyl (C=O) groups excluding carboxylic acids is 3. The molecule has 39 heavy (non-hydrogen) atoms. The zero-order chi connectivity index (χ0) is 29.2. The molecule has 1 aromatic carbocycles. The van der Waals surface area contributed by atoms with Gasteiger partial charge < -0.3 is 33.4 Å². The molecule has 2 aliphatic rings. The number of hydrogen-bond acceptors (Lipinski definition) is 9. The van der Waals surface area contributed by atoms with Crippen LogP contribution in [-0.4, -0.2) is 76.1 Å². The van der Waals surface area contributed by atoms with Gasteiger partial charge in [0.05, 0.1) is 19.3 Å². The number of nitrogens with one attached hydrogen (secondary N) is 1. The molecule has 5 atom stereocenters. The molecule has 1 fully saturated rings. The summed E-state index contributed by atoms with van der Waals surface area (Å²) in [6.45, 7) is 15.6. The summed E-state index contributed by atoms with van der Waals surface area (Å²) in [7, 11) is -1.24. The van der Waals surface area contributed by atoms with Gasteiger partial charge in [-0.05, 0) is 44.1 Å². The zero-order valence-corrected chi connectivity index (χ0v) is 25.2. The van der Waals surface area contributed by atoms with E-state index in [1.807, 2.05) is 0 Å². The minimum Gasteiger partial charge on any atom is -0.478 e. The monoisotopic (exact) mass is 563 g/mol. The highest BCUT2D eigenvalue weighted by Gasteiger charge is 2.53. The molecule has 1 N–H and O–H groups in total. The lowest BCUT2D eigenvalue weighted by Crippen LogP contribution is -2.63. The summed E-state index contributed by atoms with van der Waals surface area (Å²) in [4.78, 5) is 38.2. The maximum absolute atomic E-state index is 13.1. The first-order valence-electron chi connectivity index (χ1n) is 13.0. The standard InChI is InChI=1S/C28H41NO9Si/c1-17(30)29-22-19(36-25(31)18-13-11-10-12-14-18)15-20(26(32)33-7)35-24(22)23(21-16-34-28(5,6)37-21)38-39(8,9)27(2,3)4/h10-15,19,21-24H,16H2,1-9H3,(H,29,30)/t19-,21+,22+,23+,24+/m0/s1. The van der Waals surface area contributed by atoms with E-state index >= 15 is 0 Å². The molecule has 1 saturated heterocycles. The lowest BCUT2D eigenvalue weighted by atomic mass is 9.93. The fourth-order valence-electron chi connectivity index (χ4n) is 4.21. The largest absolute Gasteiger partial charge is 0.478 e. The van der Waals surface area contributed by atoms with Crippen molar-refractivity contribution in [1.82, 2.24) is 5.32 Å². The second kappa shape index (κ2) is 11.8. The maximum atomic E-state index is 13.1. The third kappa shape index (κ3) is 7.47. The molecule has 1 aromatic rings. The maximum Gasteiger partial charge on any atom is 0.373 e. The molecule has 0 bridgehead atoms. The normalized spacial score (nSPS) is 25.6. The van der Waals surface area contributed by atoms with Crippen molar-refractivity contribution in [3.8, 4) is 0 Å². The van der Waals surface area contributed by atoms with Crippen LogP contribution in [0.25, 0.3) is 0 Å². The quantitative estimate of drug-likeness (QED) is 0.373. The van der Waals surface area contributed by atoms with E-state index in [2.05, 4.69) is 39.2 Å². The van der Waals surface area contributed by atoms with E-state index in [4.69, 9.17) is 28.1 Å². The van der Waals surface area contributed by atoms with E-state index in [9.17, 15) is 14.4 Å². The van der Waals surface area contributed by atoms with Gasteiger partial charge in [0, 0.05) is 13.0 Å². The van der Waals surface area contributed by atoms with Gasteiger partial charge in [-0.2, -0.15) is 0 Å². The van der Waals surface area contributed by atoms with Crippen molar-refractivity contribution in [3.05, 3.63) is 47.7 Å². The van der Waals surface area contributed by atoms with E-state index in [-0.39, 0.29) is 23.3 Å². The Hall–Kier alpha value is -2.73. The molecule has 0 radical (unpaired) electrons. The Bertz CT molecular complexity index is 1080. The van der Waals surface area contributed by atoms with Crippen LogP contribution in [0.5, 0.6) is 0 Å². The van der Waals surface area contributed by atoms with Gasteiger partial charge in [0.1, 0.15) is 24.4 Å². The van der Waals surface area contributed by atoms with Gasteiger partial charge in [-0.15, -0.1) is 0 Å². The molecule has 0 aliphatic carbocycles. The van der Waals surface area contributed by atoms with Crippen molar-refractivity contribution in [1.29, 1.82) is 0 Å². The fourth-order valence-corrected chi connectivity index (χ4v) is 5.53. The zero-order valence-electron chi connectivity index (χ0n) is 24.2. The topological polar surface area (TPSA) is 119 Å². The van der Waals surface area contributed by atoms with Crippen LogP contribution in [0.3, 0.4) is 0 Å². The molecule has 0 unspecified atom stereocenters. The van der Waals surface area contributed by atoms with Gasteiger partial charge in [-0.3, -0.25) is 4.79 Å². The molecule has 11 heteroatoms. The summed E-state index contributed by atoms with van der Waals surface area (Å²) in [5.74, 6) is -2.79.